The van der Waals surface area contributed by atoms with Gasteiger partial charge in [0.05, 0.1) is 29.9 Å². The van der Waals surface area contributed by atoms with E-state index in [1.807, 2.05) is 0 Å². The van der Waals surface area contributed by atoms with E-state index in [1.54, 1.807) is 0 Å². The van der Waals surface area contributed by atoms with Gasteiger partial charge in [-0.2, -0.15) is 0 Å². The minimum atomic E-state index is -1.53. The molecule has 0 aliphatic carbocycles. The fraction of sp³-hybridized carbons (Fsp3) is 0.529. The summed E-state index contributed by atoms with van der Waals surface area (Å²) in [5.74, 6) is -3.33. The molecule has 0 amide bonds. The fourth-order valence-corrected chi connectivity index (χ4v) is 3.65. The van der Waals surface area contributed by atoms with E-state index < -0.39 is 35.5 Å². The average molecular weight is 422 g/mol. The van der Waals surface area contributed by atoms with E-state index in [-0.39, 0.29) is 47.4 Å². The smallest absolute Gasteiger partial charge is 0.320 e. The number of phenols is 1. The summed E-state index contributed by atoms with van der Waals surface area (Å²) in [5.41, 5.74) is -1.25. The van der Waals surface area contributed by atoms with Crippen LogP contribution in [0.15, 0.2) is 12.1 Å². The zero-order valence-electron chi connectivity index (χ0n) is 14.5. The van der Waals surface area contributed by atoms with E-state index >= 15 is 0 Å². The minimum absolute atomic E-state index is 0.00934. The van der Waals surface area contributed by atoms with E-state index in [9.17, 15) is 24.9 Å². The molecule has 8 nitrogen and oxygen atoms in total. The quantitative estimate of drug-likeness (QED) is 0.449. The van der Waals surface area contributed by atoms with Crippen LogP contribution in [0, 0.1) is 0 Å². The second kappa shape index (κ2) is 8.62. The van der Waals surface area contributed by atoms with Crippen LogP contribution in [-0.2, 0) is 14.3 Å². The van der Waals surface area contributed by atoms with Crippen LogP contribution in [0.1, 0.15) is 31.2 Å². The van der Waals surface area contributed by atoms with Gasteiger partial charge >= 0.3 is 11.9 Å². The number of aliphatic hydroxyl groups is 1. The van der Waals surface area contributed by atoms with Gasteiger partial charge in [-0.05, 0) is 25.5 Å². The molecule has 0 saturated carbocycles. The molecule has 5 N–H and O–H groups in total. The van der Waals surface area contributed by atoms with Crippen molar-refractivity contribution in [3.05, 3.63) is 27.7 Å². The van der Waals surface area contributed by atoms with Crippen LogP contribution < -0.4 is 5.32 Å². The lowest BCUT2D eigenvalue weighted by molar-refractivity contribution is -0.143. The summed E-state index contributed by atoms with van der Waals surface area (Å²) in [5, 5.41) is 42.5. The molecule has 1 aliphatic rings. The number of rotatable bonds is 7. The summed E-state index contributed by atoms with van der Waals surface area (Å²) in [6, 6.07) is 0.814. The number of ether oxygens (including phenoxy) is 1. The van der Waals surface area contributed by atoms with E-state index in [0.29, 0.717) is 0 Å². The maximum absolute atomic E-state index is 11.4. The predicted molar refractivity (Wildman–Crippen MR) is 97.5 cm³/mol. The molecule has 1 heterocycles. The zero-order valence-corrected chi connectivity index (χ0v) is 16.0. The Morgan fingerprint density at radius 2 is 2.00 bits per heavy atom. The topological polar surface area (TPSA) is 136 Å². The highest BCUT2D eigenvalue weighted by Gasteiger charge is 2.46. The second-order valence-corrected chi connectivity index (χ2v) is 7.53. The van der Waals surface area contributed by atoms with Crippen LogP contribution in [0.25, 0.3) is 0 Å². The Bertz CT molecular complexity index is 725. The molecule has 0 radical (unpaired) electrons. The summed E-state index contributed by atoms with van der Waals surface area (Å²) in [4.78, 5) is 22.2. The molecule has 1 aliphatic heterocycles. The normalized spacial score (nSPS) is 26.5. The molecule has 4 atom stereocenters. The zero-order chi connectivity index (χ0) is 20.4. The number of phenolic OH excluding ortho intramolecular Hbond substituents is 1. The van der Waals surface area contributed by atoms with Gasteiger partial charge in [-0.3, -0.25) is 14.9 Å². The molecule has 1 aromatic rings. The van der Waals surface area contributed by atoms with Crippen molar-refractivity contribution in [1.82, 2.24) is 5.32 Å². The minimum Gasteiger partial charge on any atom is -0.506 e. The van der Waals surface area contributed by atoms with Crippen LogP contribution in [0.5, 0.6) is 5.75 Å². The van der Waals surface area contributed by atoms with Gasteiger partial charge in [-0.1, -0.05) is 23.2 Å². The van der Waals surface area contributed by atoms with Crippen molar-refractivity contribution in [1.29, 1.82) is 0 Å². The third-order valence-corrected chi connectivity index (χ3v) is 5.27. The SMILES string of the molecule is CC1(O)C(NC(CCC(=O)O)C(=O)O)COCC1c1cc(Cl)cc(Cl)c1O. The highest BCUT2D eigenvalue weighted by molar-refractivity contribution is 6.35. The molecule has 1 fully saturated rings. The molecular weight excluding hydrogens is 401 g/mol. The molecule has 0 spiro atoms. The van der Waals surface area contributed by atoms with Crippen molar-refractivity contribution in [2.24, 2.45) is 0 Å². The largest absolute Gasteiger partial charge is 0.506 e. The lowest BCUT2D eigenvalue weighted by atomic mass is 9.76. The van der Waals surface area contributed by atoms with E-state index in [4.69, 9.17) is 33.0 Å². The summed E-state index contributed by atoms with van der Waals surface area (Å²) >= 11 is 12.0. The van der Waals surface area contributed by atoms with Crippen molar-refractivity contribution < 1.29 is 34.8 Å². The average Bonchev–Trinajstić information content (AvgIpc) is 2.55. The number of aromatic hydroxyl groups is 1. The number of nitrogens with one attached hydrogen (secondary N) is 1. The first-order valence-electron chi connectivity index (χ1n) is 8.22. The van der Waals surface area contributed by atoms with Gasteiger partial charge < -0.3 is 25.2 Å². The number of benzene rings is 1. The summed E-state index contributed by atoms with van der Waals surface area (Å²) in [7, 11) is 0. The number of hydrogen-bond acceptors (Lipinski definition) is 6. The van der Waals surface area contributed by atoms with E-state index in [1.165, 1.54) is 19.1 Å². The van der Waals surface area contributed by atoms with Gasteiger partial charge in [-0.25, -0.2) is 0 Å². The Morgan fingerprint density at radius 3 is 2.59 bits per heavy atom. The first kappa shape index (κ1) is 21.7. The summed E-state index contributed by atoms with van der Waals surface area (Å²) in [6.45, 7) is 1.56. The van der Waals surface area contributed by atoms with Crippen molar-refractivity contribution in [3.8, 4) is 5.75 Å². The van der Waals surface area contributed by atoms with E-state index in [2.05, 4.69) is 5.32 Å². The maximum Gasteiger partial charge on any atom is 0.320 e. The van der Waals surface area contributed by atoms with Crippen LogP contribution in [0.2, 0.25) is 10.0 Å². The molecule has 0 aromatic heterocycles. The lowest BCUT2D eigenvalue weighted by Gasteiger charge is -2.45. The Balaban J connectivity index is 2.27. The molecule has 4 unspecified atom stereocenters. The highest BCUT2D eigenvalue weighted by atomic mass is 35.5. The molecule has 1 saturated heterocycles. The van der Waals surface area contributed by atoms with Crippen molar-refractivity contribution in [2.45, 2.75) is 43.4 Å². The Morgan fingerprint density at radius 1 is 1.33 bits per heavy atom. The number of aliphatic carboxylic acids is 2. The van der Waals surface area contributed by atoms with Crippen LogP contribution in [0.4, 0.5) is 0 Å². The van der Waals surface area contributed by atoms with Gasteiger partial charge in [-0.15, -0.1) is 0 Å². The highest BCUT2D eigenvalue weighted by Crippen LogP contribution is 2.43. The van der Waals surface area contributed by atoms with Gasteiger partial charge in [0.1, 0.15) is 11.8 Å². The van der Waals surface area contributed by atoms with Gasteiger partial charge in [0, 0.05) is 22.9 Å². The molecule has 2 rings (SSSR count). The summed E-state index contributed by atoms with van der Waals surface area (Å²) in [6.07, 6.45) is -0.496. The van der Waals surface area contributed by atoms with Gasteiger partial charge in [0.25, 0.3) is 0 Å². The Hall–Kier alpha value is -1.58. The first-order valence-corrected chi connectivity index (χ1v) is 8.98. The third-order valence-electron chi connectivity index (χ3n) is 4.76. The maximum atomic E-state index is 11.4. The molecular formula is C17H21Cl2NO7. The number of carboxylic acids is 2. The van der Waals surface area contributed by atoms with Gasteiger partial charge in [0.2, 0.25) is 0 Å². The number of carbonyl (C=O) groups is 2. The van der Waals surface area contributed by atoms with Crippen molar-refractivity contribution in [2.75, 3.05) is 13.2 Å². The predicted octanol–water partition coefficient (Wildman–Crippen LogP) is 1.84. The van der Waals surface area contributed by atoms with Crippen LogP contribution in [0.3, 0.4) is 0 Å². The molecule has 1 aromatic carbocycles. The number of halogens is 2. The van der Waals surface area contributed by atoms with Crippen LogP contribution in [-0.4, -0.2) is 63.3 Å². The Labute approximate surface area is 165 Å². The van der Waals surface area contributed by atoms with Crippen molar-refractivity contribution in [3.63, 3.8) is 0 Å². The summed E-state index contributed by atoms with van der Waals surface area (Å²) < 4.78 is 5.50. The molecule has 10 heteroatoms. The van der Waals surface area contributed by atoms with Crippen molar-refractivity contribution >= 4 is 35.1 Å². The number of carboxylic acid groups (broad SMARTS) is 2. The second-order valence-electron chi connectivity index (χ2n) is 6.68. The van der Waals surface area contributed by atoms with E-state index in [0.717, 1.165) is 0 Å². The molecule has 0 bridgehead atoms. The molecule has 27 heavy (non-hydrogen) atoms. The fourth-order valence-electron chi connectivity index (χ4n) is 3.15. The lowest BCUT2D eigenvalue weighted by Crippen LogP contribution is -2.62. The first-order chi connectivity index (χ1) is 12.5. The van der Waals surface area contributed by atoms with Gasteiger partial charge in [0.15, 0.2) is 0 Å². The molecule has 150 valence electrons. The van der Waals surface area contributed by atoms with Crippen LogP contribution >= 0.6 is 23.2 Å². The monoisotopic (exact) mass is 421 g/mol. The number of hydrogen-bond donors (Lipinski definition) is 5. The Kier molecular flexibility index (Phi) is 6.93. The third kappa shape index (κ3) is 5.03. The standard InChI is InChI=1S/C17H21Cl2NO7/c1-17(26)10(9-4-8(18)5-11(19)15(9)23)6-27-7-13(17)20-12(16(24)25)2-3-14(21)22/h4-5,10,12-13,20,23,26H,2-3,6-7H2,1H3,(H,21,22)(H,24,25).